The normalized spacial score (nSPS) is 21.0. The second-order valence-corrected chi connectivity index (χ2v) is 13.4. The molecule has 2 aliphatic rings. The Morgan fingerprint density at radius 1 is 1.10 bits per heavy atom. The highest BCUT2D eigenvalue weighted by atomic mass is 32.2. The van der Waals surface area contributed by atoms with E-state index in [0.29, 0.717) is 42.7 Å². The van der Waals surface area contributed by atoms with Crippen molar-refractivity contribution < 1.29 is 9.59 Å². The van der Waals surface area contributed by atoms with Gasteiger partial charge in [0.15, 0.2) is 5.82 Å². The van der Waals surface area contributed by atoms with Gasteiger partial charge in [0.1, 0.15) is 0 Å². The number of nitrogens with one attached hydrogen (secondary N) is 2. The van der Waals surface area contributed by atoms with E-state index >= 15 is 0 Å². The van der Waals surface area contributed by atoms with Crippen LogP contribution in [0.3, 0.4) is 0 Å². The Bertz CT molecular complexity index is 1370. The third-order valence-corrected chi connectivity index (χ3v) is 10.1. The van der Waals surface area contributed by atoms with E-state index in [9.17, 15) is 9.59 Å². The third kappa shape index (κ3) is 7.18. The molecule has 2 aliphatic heterocycles. The number of anilines is 1. The van der Waals surface area contributed by atoms with E-state index in [1.54, 1.807) is 0 Å². The summed E-state index contributed by atoms with van der Waals surface area (Å²) in [5.74, 6) is 1.44. The number of benzene rings is 2. The number of fused-ring (bicyclic) bond motifs is 1. The number of aryl methyl sites for hydroxylation is 1. The number of amides is 2. The molecule has 3 heterocycles. The number of aromatic nitrogens is 2. The molecule has 3 unspecified atom stereocenters. The smallest absolute Gasteiger partial charge is 0.227 e. The van der Waals surface area contributed by atoms with Crippen LogP contribution in [0.4, 0.5) is 5.82 Å². The number of carbonyl (C=O) groups is 2. The van der Waals surface area contributed by atoms with E-state index in [2.05, 4.69) is 88.2 Å². The average Bonchev–Trinajstić information content (AvgIpc) is 3.31. The van der Waals surface area contributed by atoms with E-state index in [4.69, 9.17) is 0 Å². The predicted octanol–water partition coefficient (Wildman–Crippen LogP) is 6.11. The summed E-state index contributed by atoms with van der Waals surface area (Å²) in [6, 6.07) is 16.7. The molecule has 2 N–H and O–H groups in total. The van der Waals surface area contributed by atoms with Crippen molar-refractivity contribution in [1.82, 2.24) is 24.3 Å². The topological polar surface area (TPSA) is 82.5 Å². The maximum Gasteiger partial charge on any atom is 0.227 e. The molecule has 3 atom stereocenters. The van der Waals surface area contributed by atoms with Gasteiger partial charge in [-0.1, -0.05) is 38.5 Å². The lowest BCUT2D eigenvalue weighted by atomic mass is 9.80. The molecule has 2 saturated heterocycles. The second kappa shape index (κ2) is 14.1. The van der Waals surface area contributed by atoms with Crippen LogP contribution < -0.4 is 10.6 Å². The van der Waals surface area contributed by atoms with Crippen LogP contribution in [0.5, 0.6) is 0 Å². The average molecular weight is 591 g/mol. The van der Waals surface area contributed by atoms with Gasteiger partial charge in [0, 0.05) is 55.5 Å². The van der Waals surface area contributed by atoms with Crippen LogP contribution in [0, 0.1) is 5.92 Å². The van der Waals surface area contributed by atoms with Crippen molar-refractivity contribution in [2.75, 3.05) is 31.5 Å². The lowest BCUT2D eigenvalue weighted by Crippen LogP contribution is -2.46. The van der Waals surface area contributed by atoms with Crippen molar-refractivity contribution in [3.63, 3.8) is 0 Å². The van der Waals surface area contributed by atoms with Crippen molar-refractivity contribution in [1.29, 1.82) is 0 Å². The van der Waals surface area contributed by atoms with Gasteiger partial charge in [-0.25, -0.2) is 4.31 Å². The fourth-order valence-corrected chi connectivity index (χ4v) is 7.71. The van der Waals surface area contributed by atoms with Gasteiger partial charge >= 0.3 is 0 Å². The number of rotatable bonds is 11. The molecule has 2 amide bonds. The summed E-state index contributed by atoms with van der Waals surface area (Å²) < 4.78 is 4.38. The SMILES string of the molecule is CC(C)C1CC(c2ccc3c(NC(=O)CCNC=O)nn(C)c3c2)CCN1C(C)c1cccc(SN2CCCCC2)c1. The first-order chi connectivity index (χ1) is 20.3. The Hall–Kier alpha value is -2.88. The molecule has 2 fully saturated rings. The summed E-state index contributed by atoms with van der Waals surface area (Å²) in [4.78, 5) is 26.9. The quantitative estimate of drug-likeness (QED) is 0.159. The molecule has 2 aromatic carbocycles. The fraction of sp³-hybridized carbons (Fsp3) is 0.545. The number of nitrogens with zero attached hydrogens (tertiary/aromatic N) is 4. The molecule has 0 spiro atoms. The van der Waals surface area contributed by atoms with Crippen LogP contribution in [0.1, 0.15) is 82.4 Å². The maximum atomic E-state index is 12.3. The van der Waals surface area contributed by atoms with Crippen molar-refractivity contribution in [2.45, 2.75) is 82.2 Å². The van der Waals surface area contributed by atoms with Crippen LogP contribution in [0.15, 0.2) is 47.4 Å². The molecule has 0 bridgehead atoms. The first-order valence-electron chi connectivity index (χ1n) is 15.6. The molecule has 0 saturated carbocycles. The molecule has 42 heavy (non-hydrogen) atoms. The molecular weight excluding hydrogens is 544 g/mol. The first-order valence-corrected chi connectivity index (χ1v) is 16.3. The van der Waals surface area contributed by atoms with Gasteiger partial charge in [-0.3, -0.25) is 19.2 Å². The molecule has 8 nitrogen and oxygen atoms in total. The van der Waals surface area contributed by atoms with Crippen LogP contribution in [-0.4, -0.2) is 63.5 Å². The summed E-state index contributed by atoms with van der Waals surface area (Å²) >= 11 is 1.93. The Labute approximate surface area is 254 Å². The lowest BCUT2D eigenvalue weighted by molar-refractivity contribution is -0.116. The van der Waals surface area contributed by atoms with Gasteiger partial charge in [-0.15, -0.1) is 0 Å². The third-order valence-electron chi connectivity index (χ3n) is 9.03. The van der Waals surface area contributed by atoms with Gasteiger partial charge in [0.25, 0.3) is 0 Å². The van der Waals surface area contributed by atoms with Crippen molar-refractivity contribution in [3.05, 3.63) is 53.6 Å². The molecule has 9 heteroatoms. The van der Waals surface area contributed by atoms with E-state index in [1.165, 1.54) is 48.4 Å². The predicted molar refractivity (Wildman–Crippen MR) is 171 cm³/mol. The monoisotopic (exact) mass is 590 g/mol. The Morgan fingerprint density at radius 2 is 1.90 bits per heavy atom. The standard InChI is InChI=1S/C33H46N6O2S/c1-23(2)30-20-27(26-11-12-29-31(21-26)37(4)36-33(29)35-32(41)13-15-34-22-40)14-18-39(30)24(3)25-9-8-10-28(19-25)42-38-16-6-5-7-17-38/h8-12,19,21-24,27,30H,5-7,13-18,20H2,1-4H3,(H,34,40)(H,35,36,41). The van der Waals surface area contributed by atoms with E-state index < -0.39 is 0 Å². The van der Waals surface area contributed by atoms with Crippen LogP contribution in [-0.2, 0) is 16.6 Å². The number of hydrogen-bond donors (Lipinski definition) is 2. The molecule has 5 rings (SSSR count). The summed E-state index contributed by atoms with van der Waals surface area (Å²) in [7, 11) is 1.93. The highest BCUT2D eigenvalue weighted by Gasteiger charge is 2.34. The van der Waals surface area contributed by atoms with Gasteiger partial charge < -0.3 is 10.6 Å². The number of piperidine rings is 2. The fourth-order valence-electron chi connectivity index (χ4n) is 6.64. The summed E-state index contributed by atoms with van der Waals surface area (Å²) in [6.07, 6.45) is 7.03. The van der Waals surface area contributed by atoms with Crippen molar-refractivity contribution in [2.24, 2.45) is 13.0 Å². The Balaban J connectivity index is 1.28. The zero-order valence-electron chi connectivity index (χ0n) is 25.5. The molecule has 3 aromatic rings. The minimum absolute atomic E-state index is 0.162. The zero-order chi connectivity index (χ0) is 29.6. The van der Waals surface area contributed by atoms with Gasteiger partial charge in [0.05, 0.1) is 5.52 Å². The highest BCUT2D eigenvalue weighted by Crippen LogP contribution is 2.40. The van der Waals surface area contributed by atoms with Gasteiger partial charge in [0.2, 0.25) is 12.3 Å². The minimum atomic E-state index is -0.162. The van der Waals surface area contributed by atoms with E-state index in [0.717, 1.165) is 30.3 Å². The summed E-state index contributed by atoms with van der Waals surface area (Å²) in [5.41, 5.74) is 3.78. The summed E-state index contributed by atoms with van der Waals surface area (Å²) in [5, 5.41) is 11.0. The molecular formula is C33H46N6O2S. The van der Waals surface area contributed by atoms with Gasteiger partial charge in [-0.2, -0.15) is 5.10 Å². The second-order valence-electron chi connectivity index (χ2n) is 12.2. The van der Waals surface area contributed by atoms with E-state index in [-0.39, 0.29) is 12.3 Å². The van der Waals surface area contributed by atoms with Crippen LogP contribution in [0.25, 0.3) is 10.9 Å². The number of carbonyl (C=O) groups excluding carboxylic acids is 2. The number of likely N-dealkylation sites (tertiary alicyclic amines) is 1. The van der Waals surface area contributed by atoms with E-state index in [1.807, 2.05) is 23.7 Å². The largest absolute Gasteiger partial charge is 0.358 e. The first kappa shape index (κ1) is 30.6. The zero-order valence-corrected chi connectivity index (χ0v) is 26.3. The van der Waals surface area contributed by atoms with Crippen molar-refractivity contribution >= 4 is 41.0 Å². The Morgan fingerprint density at radius 3 is 2.67 bits per heavy atom. The molecule has 1 aromatic heterocycles. The molecule has 0 radical (unpaired) electrons. The molecule has 226 valence electrons. The van der Waals surface area contributed by atoms with Crippen molar-refractivity contribution in [3.8, 4) is 0 Å². The number of hydrogen-bond acceptors (Lipinski definition) is 6. The van der Waals surface area contributed by atoms with Gasteiger partial charge in [-0.05, 0) is 98.3 Å². The van der Waals surface area contributed by atoms with Crippen LogP contribution >= 0.6 is 11.9 Å². The maximum absolute atomic E-state index is 12.3. The highest BCUT2D eigenvalue weighted by molar-refractivity contribution is 7.97. The lowest BCUT2D eigenvalue weighted by Gasteiger charge is -2.45. The molecule has 0 aliphatic carbocycles. The Kier molecular flexibility index (Phi) is 10.2. The summed E-state index contributed by atoms with van der Waals surface area (Å²) in [6.45, 7) is 10.9. The minimum Gasteiger partial charge on any atom is -0.358 e. The van der Waals surface area contributed by atoms with Crippen LogP contribution in [0.2, 0.25) is 0 Å².